The number of ether oxygens (including phenoxy) is 1. The second-order valence-corrected chi connectivity index (χ2v) is 6.53. The molecule has 8 heteroatoms. The Kier molecular flexibility index (Phi) is 6.70. The van der Waals surface area contributed by atoms with Crippen LogP contribution in [0, 0.1) is 0 Å². The van der Waals surface area contributed by atoms with Crippen molar-refractivity contribution in [2.75, 3.05) is 46.1 Å². The molecular weight excluding hydrogens is 302 g/mol. The van der Waals surface area contributed by atoms with Gasteiger partial charge in [-0.05, 0) is 25.2 Å². The molecule has 0 radical (unpaired) electrons. The molecule has 1 aromatic rings. The number of hydrogen-bond donors (Lipinski definition) is 2. The van der Waals surface area contributed by atoms with E-state index in [9.17, 15) is 8.42 Å². The normalized spacial score (nSPS) is 12.0. The average molecular weight is 322 g/mol. The zero-order valence-electron chi connectivity index (χ0n) is 11.6. The maximum Gasteiger partial charge on any atom is 0.242 e. The molecule has 20 heavy (non-hydrogen) atoms. The number of nitrogen functional groups attached to an aromatic ring is 1. The first kappa shape index (κ1) is 17.2. The van der Waals surface area contributed by atoms with Gasteiger partial charge in [-0.2, -0.15) is 0 Å². The van der Waals surface area contributed by atoms with Crippen LogP contribution in [0.4, 0.5) is 5.69 Å². The van der Waals surface area contributed by atoms with Crippen molar-refractivity contribution >= 4 is 27.3 Å². The summed E-state index contributed by atoms with van der Waals surface area (Å²) in [6, 6.07) is 4.32. The molecule has 6 nitrogen and oxygen atoms in total. The minimum absolute atomic E-state index is 0.0351. The van der Waals surface area contributed by atoms with Gasteiger partial charge in [-0.25, -0.2) is 13.1 Å². The van der Waals surface area contributed by atoms with E-state index in [1.54, 1.807) is 7.11 Å². The minimum Gasteiger partial charge on any atom is -0.399 e. The van der Waals surface area contributed by atoms with E-state index in [2.05, 4.69) is 4.72 Å². The highest BCUT2D eigenvalue weighted by atomic mass is 35.5. The average Bonchev–Trinajstić information content (AvgIpc) is 2.35. The highest BCUT2D eigenvalue weighted by molar-refractivity contribution is 7.89. The molecule has 114 valence electrons. The third-order valence-corrected chi connectivity index (χ3v) is 4.65. The van der Waals surface area contributed by atoms with Gasteiger partial charge in [0.25, 0.3) is 0 Å². The van der Waals surface area contributed by atoms with Crippen LogP contribution in [0.15, 0.2) is 23.1 Å². The lowest BCUT2D eigenvalue weighted by molar-refractivity contribution is 0.162. The van der Waals surface area contributed by atoms with Crippen LogP contribution in [-0.4, -0.2) is 53.7 Å². The number of benzene rings is 1. The lowest BCUT2D eigenvalue weighted by atomic mass is 10.3. The van der Waals surface area contributed by atoms with Crippen molar-refractivity contribution in [3.63, 3.8) is 0 Å². The molecule has 3 N–H and O–H groups in total. The molecule has 0 amide bonds. The molecule has 0 bridgehead atoms. The second kappa shape index (κ2) is 7.80. The largest absolute Gasteiger partial charge is 0.399 e. The van der Waals surface area contributed by atoms with E-state index in [4.69, 9.17) is 22.1 Å². The summed E-state index contributed by atoms with van der Waals surface area (Å²) in [5.74, 6) is 0. The van der Waals surface area contributed by atoms with E-state index < -0.39 is 10.0 Å². The number of likely N-dealkylation sites (N-methyl/N-ethyl adjacent to an activating group) is 1. The molecule has 0 aliphatic rings. The van der Waals surface area contributed by atoms with Crippen LogP contribution < -0.4 is 10.5 Å². The van der Waals surface area contributed by atoms with E-state index >= 15 is 0 Å². The predicted octanol–water partition coefficient (Wildman–Crippen LogP) is 0.779. The molecule has 0 aromatic heterocycles. The first-order valence-corrected chi connectivity index (χ1v) is 7.95. The summed E-state index contributed by atoms with van der Waals surface area (Å²) in [5, 5.41) is 0.116. The van der Waals surface area contributed by atoms with E-state index in [1.807, 2.05) is 11.9 Å². The standard InChI is InChI=1S/C12H20ClN3O3S/c1-16(7-8-19-2)6-5-15-20(17,18)12-4-3-10(14)9-11(12)13/h3-4,9,15H,5-8,14H2,1-2H3. The van der Waals surface area contributed by atoms with Crippen LogP contribution in [0.25, 0.3) is 0 Å². The monoisotopic (exact) mass is 321 g/mol. The van der Waals surface area contributed by atoms with Crippen molar-refractivity contribution < 1.29 is 13.2 Å². The van der Waals surface area contributed by atoms with Crippen molar-refractivity contribution in [3.8, 4) is 0 Å². The van der Waals surface area contributed by atoms with Crippen molar-refractivity contribution in [2.24, 2.45) is 0 Å². The van der Waals surface area contributed by atoms with Crippen molar-refractivity contribution in [1.82, 2.24) is 9.62 Å². The van der Waals surface area contributed by atoms with Crippen LogP contribution in [0.3, 0.4) is 0 Å². The Labute approximate surface area is 124 Å². The molecule has 0 aliphatic heterocycles. The summed E-state index contributed by atoms with van der Waals surface area (Å²) in [7, 11) is -0.102. The van der Waals surface area contributed by atoms with E-state index in [0.29, 0.717) is 25.4 Å². The number of nitrogens with one attached hydrogen (secondary N) is 1. The summed E-state index contributed by atoms with van der Waals surface area (Å²) in [6.07, 6.45) is 0. The molecule has 0 heterocycles. The van der Waals surface area contributed by atoms with Crippen LogP contribution >= 0.6 is 11.6 Å². The molecule has 1 rings (SSSR count). The van der Waals surface area contributed by atoms with Crippen LogP contribution in [0.2, 0.25) is 5.02 Å². The van der Waals surface area contributed by atoms with Gasteiger partial charge in [0.05, 0.1) is 11.6 Å². The van der Waals surface area contributed by atoms with Gasteiger partial charge in [-0.3, -0.25) is 0 Å². The van der Waals surface area contributed by atoms with Crippen molar-refractivity contribution in [2.45, 2.75) is 4.90 Å². The number of anilines is 1. The van der Waals surface area contributed by atoms with Gasteiger partial charge in [-0.1, -0.05) is 11.6 Å². The fourth-order valence-electron chi connectivity index (χ4n) is 1.54. The highest BCUT2D eigenvalue weighted by Crippen LogP contribution is 2.23. The second-order valence-electron chi connectivity index (χ2n) is 4.38. The molecule has 0 saturated carbocycles. The molecule has 0 saturated heterocycles. The van der Waals surface area contributed by atoms with Crippen molar-refractivity contribution in [1.29, 1.82) is 0 Å². The summed E-state index contributed by atoms with van der Waals surface area (Å²) in [4.78, 5) is 2.00. The van der Waals surface area contributed by atoms with Crippen LogP contribution in [-0.2, 0) is 14.8 Å². The smallest absolute Gasteiger partial charge is 0.242 e. The molecule has 1 aromatic carbocycles. The van der Waals surface area contributed by atoms with Gasteiger partial charge in [0.1, 0.15) is 4.90 Å². The highest BCUT2D eigenvalue weighted by Gasteiger charge is 2.17. The lowest BCUT2D eigenvalue weighted by Crippen LogP contribution is -2.34. The number of rotatable bonds is 8. The molecule has 0 atom stereocenters. The number of methoxy groups -OCH3 is 1. The lowest BCUT2D eigenvalue weighted by Gasteiger charge is -2.16. The SMILES string of the molecule is COCCN(C)CCNS(=O)(=O)c1ccc(N)cc1Cl. The molecule has 0 spiro atoms. The first-order chi connectivity index (χ1) is 9.36. The number of sulfonamides is 1. The first-order valence-electron chi connectivity index (χ1n) is 6.09. The summed E-state index contributed by atoms with van der Waals surface area (Å²) in [5.41, 5.74) is 5.96. The van der Waals surface area contributed by atoms with E-state index in [0.717, 1.165) is 6.54 Å². The van der Waals surface area contributed by atoms with Gasteiger partial charge >= 0.3 is 0 Å². The van der Waals surface area contributed by atoms with Gasteiger partial charge in [0, 0.05) is 32.4 Å². The van der Waals surface area contributed by atoms with E-state index in [1.165, 1.54) is 18.2 Å². The van der Waals surface area contributed by atoms with Gasteiger partial charge in [0.15, 0.2) is 0 Å². The third kappa shape index (κ3) is 5.26. The fourth-order valence-corrected chi connectivity index (χ4v) is 3.11. The summed E-state index contributed by atoms with van der Waals surface area (Å²) < 4.78 is 31.6. The predicted molar refractivity (Wildman–Crippen MR) is 80.4 cm³/mol. The Bertz CT molecular complexity index is 537. The Hall–Kier alpha value is -0.860. The zero-order valence-corrected chi connectivity index (χ0v) is 13.2. The summed E-state index contributed by atoms with van der Waals surface area (Å²) >= 11 is 5.90. The number of halogens is 1. The van der Waals surface area contributed by atoms with Crippen LogP contribution in [0.5, 0.6) is 0 Å². The van der Waals surface area contributed by atoms with Gasteiger partial charge in [0.2, 0.25) is 10.0 Å². The van der Waals surface area contributed by atoms with Gasteiger partial charge in [-0.15, -0.1) is 0 Å². The maximum absolute atomic E-state index is 12.1. The van der Waals surface area contributed by atoms with Gasteiger partial charge < -0.3 is 15.4 Å². The molecule has 0 aliphatic carbocycles. The summed E-state index contributed by atoms with van der Waals surface area (Å²) in [6.45, 7) is 2.21. The molecular formula is C12H20ClN3O3S. The Morgan fingerprint density at radius 3 is 2.70 bits per heavy atom. The topological polar surface area (TPSA) is 84.7 Å². The van der Waals surface area contributed by atoms with E-state index in [-0.39, 0.29) is 9.92 Å². The number of nitrogens with two attached hydrogens (primary N) is 1. The van der Waals surface area contributed by atoms with Crippen LogP contribution in [0.1, 0.15) is 0 Å². The third-order valence-electron chi connectivity index (χ3n) is 2.71. The zero-order chi connectivity index (χ0) is 15.2. The molecule has 0 unspecified atom stereocenters. The van der Waals surface area contributed by atoms with Crippen molar-refractivity contribution in [3.05, 3.63) is 23.2 Å². The quantitative estimate of drug-likeness (QED) is 0.691. The fraction of sp³-hybridized carbons (Fsp3) is 0.500. The number of hydrogen-bond acceptors (Lipinski definition) is 5. The minimum atomic E-state index is -3.62. The Balaban J connectivity index is 2.58. The Morgan fingerprint density at radius 2 is 2.10 bits per heavy atom. The molecule has 0 fully saturated rings. The Morgan fingerprint density at radius 1 is 1.40 bits per heavy atom. The maximum atomic E-state index is 12.1. The number of nitrogens with zero attached hydrogens (tertiary/aromatic N) is 1.